The monoisotopic (exact) mass is 390 g/mol. The predicted octanol–water partition coefficient (Wildman–Crippen LogP) is 1.43. The molecule has 2 aliphatic heterocycles. The Kier molecular flexibility index (Phi) is 4.14. The van der Waals surface area contributed by atoms with Crippen molar-refractivity contribution in [3.05, 3.63) is 22.8 Å². The van der Waals surface area contributed by atoms with Gasteiger partial charge >= 0.3 is 6.18 Å². The number of imide groups is 1. The molecular weight excluding hydrogens is 381 g/mol. The van der Waals surface area contributed by atoms with Gasteiger partial charge in [-0.05, 0) is 6.07 Å². The van der Waals surface area contributed by atoms with Crippen molar-refractivity contribution in [1.29, 1.82) is 0 Å². The second kappa shape index (κ2) is 5.94. The topological polar surface area (TPSA) is 92.2 Å². The van der Waals surface area contributed by atoms with Crippen molar-refractivity contribution in [3.8, 4) is 0 Å². The second-order valence-corrected chi connectivity index (χ2v) is 5.98. The van der Waals surface area contributed by atoms with Gasteiger partial charge in [0.05, 0.1) is 10.6 Å². The standard InChI is InChI=1S/C14H10ClF3N4O4/c1-5(23)9-8-10(26-20-9)13(25)22(12(8)24)21(2)11-7(15)3-6(4-19-11)14(16,17)18/h3-4,8,10H,1-2H3/t8-,10-/m0/s1. The zero-order chi connectivity index (χ0) is 19.4. The molecule has 1 fully saturated rings. The van der Waals surface area contributed by atoms with Gasteiger partial charge in [0.1, 0.15) is 11.6 Å². The first-order valence-corrected chi connectivity index (χ1v) is 7.50. The summed E-state index contributed by atoms with van der Waals surface area (Å²) in [4.78, 5) is 45.0. The van der Waals surface area contributed by atoms with Crippen molar-refractivity contribution < 1.29 is 32.4 Å². The minimum Gasteiger partial charge on any atom is -0.381 e. The van der Waals surface area contributed by atoms with Crippen molar-refractivity contribution in [1.82, 2.24) is 9.99 Å². The number of fused-ring (bicyclic) bond motifs is 1. The maximum absolute atomic E-state index is 12.7. The number of nitrogens with zero attached hydrogens (tertiary/aromatic N) is 4. The minimum absolute atomic E-state index is 0.198. The molecule has 1 aromatic rings. The Hall–Kier alpha value is -2.69. The summed E-state index contributed by atoms with van der Waals surface area (Å²) in [6.07, 6.45) is -5.43. The fourth-order valence-corrected chi connectivity index (χ4v) is 2.96. The van der Waals surface area contributed by atoms with Gasteiger partial charge in [-0.15, -0.1) is 0 Å². The van der Waals surface area contributed by atoms with Crippen LogP contribution in [0.2, 0.25) is 5.02 Å². The van der Waals surface area contributed by atoms with Crippen LogP contribution in [-0.4, -0.2) is 46.5 Å². The van der Waals surface area contributed by atoms with E-state index in [4.69, 9.17) is 16.4 Å². The van der Waals surface area contributed by atoms with Gasteiger partial charge in [0.25, 0.3) is 11.8 Å². The van der Waals surface area contributed by atoms with Crippen LogP contribution in [0.15, 0.2) is 17.4 Å². The van der Waals surface area contributed by atoms with Gasteiger partial charge in [0, 0.05) is 20.2 Å². The number of rotatable bonds is 3. The highest BCUT2D eigenvalue weighted by Gasteiger charge is 2.58. The first-order chi connectivity index (χ1) is 12.0. The van der Waals surface area contributed by atoms with E-state index in [0.717, 1.165) is 5.01 Å². The summed E-state index contributed by atoms with van der Waals surface area (Å²) in [6, 6.07) is 0.630. The Morgan fingerprint density at radius 1 is 1.35 bits per heavy atom. The molecule has 0 unspecified atom stereocenters. The highest BCUT2D eigenvalue weighted by molar-refractivity contribution is 6.45. The molecule has 8 nitrogen and oxygen atoms in total. The van der Waals surface area contributed by atoms with Crippen molar-refractivity contribution in [2.45, 2.75) is 19.2 Å². The van der Waals surface area contributed by atoms with Crippen LogP contribution in [0, 0.1) is 5.92 Å². The zero-order valence-corrected chi connectivity index (χ0v) is 14.0. The lowest BCUT2D eigenvalue weighted by molar-refractivity contribution is -0.143. The maximum Gasteiger partial charge on any atom is 0.417 e. The SMILES string of the molecule is CC(=O)C1=NO[C@@H]2C(=O)N(N(C)c3ncc(C(F)(F)F)cc3Cl)C(=O)[C@@H]12. The average Bonchev–Trinajstić information content (AvgIpc) is 3.07. The van der Waals surface area contributed by atoms with Crippen molar-refractivity contribution in [2.75, 3.05) is 12.1 Å². The third-order valence-corrected chi connectivity index (χ3v) is 4.18. The van der Waals surface area contributed by atoms with E-state index in [-0.39, 0.29) is 11.5 Å². The van der Waals surface area contributed by atoms with Crippen LogP contribution in [0.5, 0.6) is 0 Å². The summed E-state index contributed by atoms with van der Waals surface area (Å²) >= 11 is 5.84. The molecule has 12 heteroatoms. The third kappa shape index (κ3) is 2.68. The molecule has 2 amide bonds. The van der Waals surface area contributed by atoms with Crippen LogP contribution >= 0.6 is 11.6 Å². The molecule has 2 aliphatic rings. The summed E-state index contributed by atoms with van der Waals surface area (Å²) < 4.78 is 38.1. The third-order valence-electron chi connectivity index (χ3n) is 3.91. The van der Waals surface area contributed by atoms with Crippen LogP contribution in [0.1, 0.15) is 12.5 Å². The molecule has 0 aliphatic carbocycles. The number of Topliss-reactive ketones (excluding diaryl/α,β-unsaturated/α-hetero) is 1. The van der Waals surface area contributed by atoms with Gasteiger partial charge in [0.15, 0.2) is 11.6 Å². The summed E-state index contributed by atoms with van der Waals surface area (Å²) in [6.45, 7) is 1.17. The van der Waals surface area contributed by atoms with E-state index in [1.807, 2.05) is 0 Å². The second-order valence-electron chi connectivity index (χ2n) is 5.58. The number of halogens is 4. The normalized spacial score (nSPS) is 22.2. The lowest BCUT2D eigenvalue weighted by Crippen LogP contribution is -2.46. The summed E-state index contributed by atoms with van der Waals surface area (Å²) in [5.74, 6) is -3.64. The van der Waals surface area contributed by atoms with Crippen LogP contribution < -0.4 is 5.01 Å². The Morgan fingerprint density at radius 2 is 2.00 bits per heavy atom. The number of carbonyl (C=O) groups is 3. The van der Waals surface area contributed by atoms with Gasteiger partial charge in [-0.1, -0.05) is 16.8 Å². The maximum atomic E-state index is 12.7. The highest BCUT2D eigenvalue weighted by atomic mass is 35.5. The van der Waals surface area contributed by atoms with Crippen molar-refractivity contribution in [2.24, 2.45) is 11.1 Å². The predicted molar refractivity (Wildman–Crippen MR) is 81.0 cm³/mol. The van der Waals surface area contributed by atoms with Gasteiger partial charge in [-0.25, -0.2) is 4.98 Å². The number of pyridine rings is 1. The van der Waals surface area contributed by atoms with E-state index >= 15 is 0 Å². The Morgan fingerprint density at radius 3 is 2.54 bits per heavy atom. The van der Waals surface area contributed by atoms with Crippen molar-refractivity contribution in [3.63, 3.8) is 0 Å². The molecular formula is C14H10ClF3N4O4. The molecule has 0 saturated carbocycles. The van der Waals surface area contributed by atoms with E-state index in [2.05, 4.69) is 10.1 Å². The van der Waals surface area contributed by atoms with E-state index in [1.54, 1.807) is 0 Å². The molecule has 3 rings (SSSR count). The lowest BCUT2D eigenvalue weighted by atomic mass is 9.97. The molecule has 1 aromatic heterocycles. The van der Waals surface area contributed by atoms with Crippen LogP contribution in [0.25, 0.3) is 0 Å². The molecule has 26 heavy (non-hydrogen) atoms. The molecule has 138 valence electrons. The fraction of sp³-hybridized carbons (Fsp3) is 0.357. The number of aromatic nitrogens is 1. The molecule has 0 radical (unpaired) electrons. The van der Waals surface area contributed by atoms with E-state index in [1.165, 1.54) is 14.0 Å². The quantitative estimate of drug-likeness (QED) is 0.725. The van der Waals surface area contributed by atoms with E-state index in [0.29, 0.717) is 17.3 Å². The van der Waals surface area contributed by atoms with Crippen LogP contribution in [-0.2, 0) is 25.4 Å². The van der Waals surface area contributed by atoms with E-state index in [9.17, 15) is 27.6 Å². The number of hydrazine groups is 1. The number of amides is 2. The highest BCUT2D eigenvalue weighted by Crippen LogP contribution is 2.36. The number of alkyl halides is 3. The molecule has 2 atom stereocenters. The number of carbonyl (C=O) groups excluding carboxylic acids is 3. The minimum atomic E-state index is -4.65. The Bertz CT molecular complexity index is 857. The smallest absolute Gasteiger partial charge is 0.381 e. The number of hydrogen-bond acceptors (Lipinski definition) is 7. The first kappa shape index (κ1) is 18.1. The fourth-order valence-electron chi connectivity index (χ4n) is 2.67. The van der Waals surface area contributed by atoms with Gasteiger partial charge in [0.2, 0.25) is 6.10 Å². The van der Waals surface area contributed by atoms with Gasteiger partial charge in [-0.2, -0.15) is 18.2 Å². The molecule has 0 bridgehead atoms. The summed E-state index contributed by atoms with van der Waals surface area (Å²) in [5, 5.41) is 4.57. The molecule has 3 heterocycles. The van der Waals surface area contributed by atoms with Crippen LogP contribution in [0.3, 0.4) is 0 Å². The number of oxime groups is 1. The van der Waals surface area contributed by atoms with Crippen molar-refractivity contribution >= 4 is 40.7 Å². The summed E-state index contributed by atoms with van der Waals surface area (Å²) in [7, 11) is 1.23. The Labute approximate surface area is 149 Å². The van der Waals surface area contributed by atoms with E-state index < -0.39 is 46.4 Å². The molecule has 0 N–H and O–H groups in total. The lowest BCUT2D eigenvalue weighted by Gasteiger charge is -2.28. The average molecular weight is 391 g/mol. The zero-order valence-electron chi connectivity index (χ0n) is 13.2. The molecule has 0 spiro atoms. The Balaban J connectivity index is 1.93. The number of anilines is 1. The molecule has 0 aromatic carbocycles. The first-order valence-electron chi connectivity index (χ1n) is 7.13. The summed E-state index contributed by atoms with van der Waals surface area (Å²) in [5.41, 5.74) is -1.28. The largest absolute Gasteiger partial charge is 0.417 e. The molecule has 1 saturated heterocycles. The number of hydrogen-bond donors (Lipinski definition) is 0. The van der Waals surface area contributed by atoms with Gasteiger partial charge < -0.3 is 4.84 Å². The number of ketones is 1. The van der Waals surface area contributed by atoms with Crippen LogP contribution in [0.4, 0.5) is 19.0 Å². The van der Waals surface area contributed by atoms with Gasteiger partial charge in [-0.3, -0.25) is 19.4 Å².